The molecule has 2 aromatic heterocycles. The predicted molar refractivity (Wildman–Crippen MR) is 54.8 cm³/mol. The third-order valence-electron chi connectivity index (χ3n) is 1.94. The summed E-state index contributed by atoms with van der Waals surface area (Å²) in [5.41, 5.74) is 1.96. The molecule has 0 aliphatic rings. The van der Waals surface area contributed by atoms with E-state index in [1.807, 2.05) is 10.6 Å². The Morgan fingerprint density at radius 2 is 2.23 bits per heavy atom. The van der Waals surface area contributed by atoms with Crippen LogP contribution in [0.4, 0.5) is 0 Å². The molecule has 0 radical (unpaired) electrons. The molecule has 0 aliphatic heterocycles. The van der Waals surface area contributed by atoms with Crippen LogP contribution in [0.3, 0.4) is 0 Å². The van der Waals surface area contributed by atoms with Gasteiger partial charge in [0.25, 0.3) is 0 Å². The van der Waals surface area contributed by atoms with E-state index in [4.69, 9.17) is 0 Å². The fourth-order valence-electron chi connectivity index (χ4n) is 1.26. The average Bonchev–Trinajstić information content (AvgIpc) is 2.45. The Kier molecular flexibility index (Phi) is 2.07. The molecular formula is C9H10BrN3. The smallest absolute Gasteiger partial charge is 0.156 e. The minimum absolute atomic E-state index is 0.425. The Morgan fingerprint density at radius 3 is 2.85 bits per heavy atom. The highest BCUT2D eigenvalue weighted by Gasteiger charge is 2.11. The van der Waals surface area contributed by atoms with Gasteiger partial charge >= 0.3 is 0 Å². The van der Waals surface area contributed by atoms with Crippen LogP contribution < -0.4 is 0 Å². The Hall–Kier alpha value is -0.900. The van der Waals surface area contributed by atoms with Gasteiger partial charge in [-0.25, -0.2) is 4.98 Å². The van der Waals surface area contributed by atoms with E-state index in [9.17, 15) is 0 Å². The van der Waals surface area contributed by atoms with Crippen molar-refractivity contribution in [3.05, 3.63) is 28.9 Å². The SMILES string of the molecule is CC(C)c1nc2cnccn2c1Br. The molecule has 0 unspecified atom stereocenters. The van der Waals surface area contributed by atoms with Crippen LogP contribution >= 0.6 is 15.9 Å². The number of hydrogen-bond donors (Lipinski definition) is 0. The maximum atomic E-state index is 4.47. The topological polar surface area (TPSA) is 30.2 Å². The summed E-state index contributed by atoms with van der Waals surface area (Å²) < 4.78 is 3.02. The number of nitrogens with zero attached hydrogens (tertiary/aromatic N) is 3. The molecule has 0 amide bonds. The molecule has 0 bridgehead atoms. The lowest BCUT2D eigenvalue weighted by molar-refractivity contribution is 0.826. The summed E-state index contributed by atoms with van der Waals surface area (Å²) in [7, 11) is 0. The second kappa shape index (κ2) is 3.10. The van der Waals surface area contributed by atoms with Crippen LogP contribution in [0.1, 0.15) is 25.5 Å². The van der Waals surface area contributed by atoms with Gasteiger partial charge in [0.1, 0.15) is 4.60 Å². The molecule has 0 saturated carbocycles. The molecule has 2 rings (SSSR count). The van der Waals surface area contributed by atoms with Crippen molar-refractivity contribution in [3.63, 3.8) is 0 Å². The molecule has 68 valence electrons. The molecule has 0 fully saturated rings. The van der Waals surface area contributed by atoms with E-state index in [1.54, 1.807) is 12.4 Å². The monoisotopic (exact) mass is 239 g/mol. The quantitative estimate of drug-likeness (QED) is 0.766. The standard InChI is InChI=1S/C9H10BrN3/c1-6(2)8-9(10)13-4-3-11-5-7(13)12-8/h3-6H,1-2H3. The first-order chi connectivity index (χ1) is 6.20. The van der Waals surface area contributed by atoms with Gasteiger partial charge in [0, 0.05) is 12.4 Å². The molecule has 13 heavy (non-hydrogen) atoms. The fraction of sp³-hybridized carbons (Fsp3) is 0.333. The van der Waals surface area contributed by atoms with Gasteiger partial charge in [-0.15, -0.1) is 0 Å². The molecule has 2 heterocycles. The highest BCUT2D eigenvalue weighted by molar-refractivity contribution is 9.10. The van der Waals surface area contributed by atoms with Gasteiger partial charge in [0.05, 0.1) is 11.9 Å². The van der Waals surface area contributed by atoms with Crippen LogP contribution in [0.2, 0.25) is 0 Å². The van der Waals surface area contributed by atoms with Crippen LogP contribution in [0.25, 0.3) is 5.65 Å². The average molecular weight is 240 g/mol. The number of fused-ring (bicyclic) bond motifs is 1. The van der Waals surface area contributed by atoms with E-state index in [0.29, 0.717) is 5.92 Å². The molecule has 0 spiro atoms. The van der Waals surface area contributed by atoms with Crippen LogP contribution in [0, 0.1) is 0 Å². The molecule has 0 saturated heterocycles. The van der Waals surface area contributed by atoms with E-state index in [0.717, 1.165) is 15.9 Å². The third-order valence-corrected chi connectivity index (χ3v) is 2.73. The molecule has 4 heteroatoms. The van der Waals surface area contributed by atoms with E-state index >= 15 is 0 Å². The summed E-state index contributed by atoms with van der Waals surface area (Å²) in [6, 6.07) is 0. The summed E-state index contributed by atoms with van der Waals surface area (Å²) in [5.74, 6) is 0.425. The lowest BCUT2D eigenvalue weighted by Gasteiger charge is -1.99. The maximum Gasteiger partial charge on any atom is 0.156 e. The first kappa shape index (κ1) is 8.69. The van der Waals surface area contributed by atoms with Gasteiger partial charge in [-0.3, -0.25) is 9.38 Å². The summed E-state index contributed by atoms with van der Waals surface area (Å²) in [5, 5.41) is 0. The van der Waals surface area contributed by atoms with Crippen molar-refractivity contribution in [3.8, 4) is 0 Å². The minimum atomic E-state index is 0.425. The number of imidazole rings is 1. The maximum absolute atomic E-state index is 4.47. The van der Waals surface area contributed by atoms with Gasteiger partial charge in [0.2, 0.25) is 0 Å². The van der Waals surface area contributed by atoms with Gasteiger partial charge in [0.15, 0.2) is 5.65 Å². The zero-order chi connectivity index (χ0) is 9.42. The molecule has 0 aliphatic carbocycles. The van der Waals surface area contributed by atoms with Crippen molar-refractivity contribution >= 4 is 21.6 Å². The Labute approximate surface area is 85.0 Å². The van der Waals surface area contributed by atoms with Crippen LogP contribution in [0.5, 0.6) is 0 Å². The molecule has 0 aromatic carbocycles. The normalized spacial score (nSPS) is 11.4. The lowest BCUT2D eigenvalue weighted by atomic mass is 10.2. The highest BCUT2D eigenvalue weighted by atomic mass is 79.9. The Bertz CT molecular complexity index is 433. The fourth-order valence-corrected chi connectivity index (χ4v) is 2.11. The van der Waals surface area contributed by atoms with Crippen molar-refractivity contribution in [1.29, 1.82) is 0 Å². The van der Waals surface area contributed by atoms with E-state index < -0.39 is 0 Å². The molecule has 3 nitrogen and oxygen atoms in total. The molecule has 2 aromatic rings. The highest BCUT2D eigenvalue weighted by Crippen LogP contribution is 2.24. The van der Waals surface area contributed by atoms with Crippen molar-refractivity contribution in [2.24, 2.45) is 0 Å². The number of hydrogen-bond acceptors (Lipinski definition) is 2. The van der Waals surface area contributed by atoms with E-state index in [-0.39, 0.29) is 0 Å². The summed E-state index contributed by atoms with van der Waals surface area (Å²) >= 11 is 3.53. The van der Waals surface area contributed by atoms with Crippen LogP contribution in [-0.2, 0) is 0 Å². The number of halogens is 1. The third kappa shape index (κ3) is 1.35. The number of aromatic nitrogens is 3. The van der Waals surface area contributed by atoms with Crippen molar-refractivity contribution in [2.45, 2.75) is 19.8 Å². The summed E-state index contributed by atoms with van der Waals surface area (Å²) in [4.78, 5) is 8.49. The van der Waals surface area contributed by atoms with Crippen LogP contribution in [-0.4, -0.2) is 14.4 Å². The second-order valence-corrected chi connectivity index (χ2v) is 4.00. The molecular weight excluding hydrogens is 230 g/mol. The first-order valence-electron chi connectivity index (χ1n) is 4.17. The summed E-state index contributed by atoms with van der Waals surface area (Å²) in [6.45, 7) is 4.25. The molecule has 0 N–H and O–H groups in total. The second-order valence-electron chi connectivity index (χ2n) is 3.25. The van der Waals surface area contributed by atoms with Gasteiger partial charge in [-0.1, -0.05) is 13.8 Å². The largest absolute Gasteiger partial charge is 0.291 e. The first-order valence-corrected chi connectivity index (χ1v) is 4.97. The van der Waals surface area contributed by atoms with Gasteiger partial charge < -0.3 is 0 Å². The van der Waals surface area contributed by atoms with Gasteiger partial charge in [-0.05, 0) is 21.8 Å². The van der Waals surface area contributed by atoms with Gasteiger partial charge in [-0.2, -0.15) is 0 Å². The predicted octanol–water partition coefficient (Wildman–Crippen LogP) is 2.62. The van der Waals surface area contributed by atoms with Crippen molar-refractivity contribution in [2.75, 3.05) is 0 Å². The Balaban J connectivity index is 2.74. The van der Waals surface area contributed by atoms with Crippen molar-refractivity contribution in [1.82, 2.24) is 14.4 Å². The number of rotatable bonds is 1. The van der Waals surface area contributed by atoms with Crippen LogP contribution in [0.15, 0.2) is 23.2 Å². The minimum Gasteiger partial charge on any atom is -0.291 e. The van der Waals surface area contributed by atoms with Crippen molar-refractivity contribution < 1.29 is 0 Å². The molecule has 0 atom stereocenters. The summed E-state index contributed by atoms with van der Waals surface area (Å²) in [6.07, 6.45) is 5.42. The zero-order valence-corrected chi connectivity index (χ0v) is 9.12. The Morgan fingerprint density at radius 1 is 1.46 bits per heavy atom. The van der Waals surface area contributed by atoms with E-state index in [2.05, 4.69) is 39.7 Å². The lowest BCUT2D eigenvalue weighted by Crippen LogP contribution is -1.88. The zero-order valence-electron chi connectivity index (χ0n) is 7.53. The van der Waals surface area contributed by atoms with E-state index in [1.165, 1.54) is 0 Å².